The third kappa shape index (κ3) is 3.58. The Kier molecular flexibility index (Phi) is 4.38. The molecule has 0 radical (unpaired) electrons. The number of hydrogen-bond donors (Lipinski definition) is 2. The molecule has 1 aliphatic rings. The molecular formula is C13H19BrN2. The highest BCUT2D eigenvalue weighted by molar-refractivity contribution is 9.10. The molecule has 0 spiro atoms. The predicted molar refractivity (Wildman–Crippen MR) is 71.2 cm³/mol. The van der Waals surface area contributed by atoms with Crippen LogP contribution in [-0.4, -0.2) is 12.1 Å². The van der Waals surface area contributed by atoms with Crippen LogP contribution in [0.5, 0.6) is 0 Å². The first-order valence-corrected chi connectivity index (χ1v) is 6.77. The number of nitrogens with two attached hydrogens (primary N) is 1. The molecule has 0 heterocycles. The van der Waals surface area contributed by atoms with Gasteiger partial charge in [-0.2, -0.15) is 0 Å². The molecule has 0 unspecified atom stereocenters. The molecule has 1 aliphatic carbocycles. The van der Waals surface area contributed by atoms with Crippen molar-refractivity contribution in [2.75, 3.05) is 0 Å². The number of rotatable bonds is 3. The van der Waals surface area contributed by atoms with E-state index < -0.39 is 0 Å². The first kappa shape index (κ1) is 12.1. The topological polar surface area (TPSA) is 38.0 Å². The van der Waals surface area contributed by atoms with Crippen LogP contribution in [0.2, 0.25) is 0 Å². The molecule has 1 saturated carbocycles. The lowest BCUT2D eigenvalue weighted by molar-refractivity contribution is 0.342. The van der Waals surface area contributed by atoms with Crippen molar-refractivity contribution in [2.45, 2.75) is 44.3 Å². The summed E-state index contributed by atoms with van der Waals surface area (Å²) in [6.45, 7) is 0.958. The zero-order valence-corrected chi connectivity index (χ0v) is 11.0. The van der Waals surface area contributed by atoms with Crippen LogP contribution in [0, 0.1) is 0 Å². The van der Waals surface area contributed by atoms with Crippen molar-refractivity contribution in [2.24, 2.45) is 5.73 Å². The standard InChI is InChI=1S/C13H19BrN2/c14-11-3-1-2-10(8-11)9-16-13-6-4-12(15)5-7-13/h1-3,8,12-13,16H,4-7,9,15H2. The average Bonchev–Trinajstić information content (AvgIpc) is 2.28. The lowest BCUT2D eigenvalue weighted by Gasteiger charge is -2.27. The van der Waals surface area contributed by atoms with Gasteiger partial charge in [0, 0.05) is 23.1 Å². The van der Waals surface area contributed by atoms with E-state index in [4.69, 9.17) is 5.73 Å². The summed E-state index contributed by atoms with van der Waals surface area (Å²) in [7, 11) is 0. The van der Waals surface area contributed by atoms with Crippen LogP contribution in [0.15, 0.2) is 28.7 Å². The summed E-state index contributed by atoms with van der Waals surface area (Å²) >= 11 is 3.49. The number of halogens is 1. The van der Waals surface area contributed by atoms with Gasteiger partial charge in [0.1, 0.15) is 0 Å². The van der Waals surface area contributed by atoms with E-state index in [-0.39, 0.29) is 0 Å². The fourth-order valence-corrected chi connectivity index (χ4v) is 2.68. The monoisotopic (exact) mass is 282 g/mol. The molecule has 0 atom stereocenters. The van der Waals surface area contributed by atoms with E-state index in [0.717, 1.165) is 23.9 Å². The lowest BCUT2D eigenvalue weighted by atomic mass is 9.92. The molecule has 0 bridgehead atoms. The Bertz CT molecular complexity index is 332. The Hall–Kier alpha value is -0.380. The fourth-order valence-electron chi connectivity index (χ4n) is 2.23. The largest absolute Gasteiger partial charge is 0.328 e. The molecule has 16 heavy (non-hydrogen) atoms. The molecule has 1 aromatic carbocycles. The quantitative estimate of drug-likeness (QED) is 0.895. The minimum absolute atomic E-state index is 0.434. The minimum atomic E-state index is 0.434. The van der Waals surface area contributed by atoms with Gasteiger partial charge in [0.05, 0.1) is 0 Å². The Morgan fingerprint density at radius 1 is 1.25 bits per heavy atom. The van der Waals surface area contributed by atoms with Crippen molar-refractivity contribution in [3.8, 4) is 0 Å². The van der Waals surface area contributed by atoms with Crippen LogP contribution in [0.3, 0.4) is 0 Å². The summed E-state index contributed by atoms with van der Waals surface area (Å²) in [6, 6.07) is 9.55. The molecule has 1 aromatic rings. The average molecular weight is 283 g/mol. The van der Waals surface area contributed by atoms with Crippen LogP contribution >= 0.6 is 15.9 Å². The Labute approximate surface area is 106 Å². The maximum Gasteiger partial charge on any atom is 0.0208 e. The van der Waals surface area contributed by atoms with Gasteiger partial charge in [-0.15, -0.1) is 0 Å². The van der Waals surface area contributed by atoms with Crippen LogP contribution in [0.4, 0.5) is 0 Å². The summed E-state index contributed by atoms with van der Waals surface area (Å²) in [6.07, 6.45) is 4.76. The fraction of sp³-hybridized carbons (Fsp3) is 0.538. The first-order chi connectivity index (χ1) is 7.74. The molecular weight excluding hydrogens is 264 g/mol. The zero-order valence-electron chi connectivity index (χ0n) is 9.45. The number of benzene rings is 1. The highest BCUT2D eigenvalue weighted by Gasteiger charge is 2.17. The number of hydrogen-bond acceptors (Lipinski definition) is 2. The Morgan fingerprint density at radius 2 is 2.00 bits per heavy atom. The third-order valence-corrected chi connectivity index (χ3v) is 3.75. The SMILES string of the molecule is NC1CCC(NCc2cccc(Br)c2)CC1. The van der Waals surface area contributed by atoms with E-state index in [0.29, 0.717) is 12.1 Å². The second kappa shape index (κ2) is 5.80. The Balaban J connectivity index is 1.79. The maximum absolute atomic E-state index is 5.89. The third-order valence-electron chi connectivity index (χ3n) is 3.26. The normalized spacial score (nSPS) is 25.6. The summed E-state index contributed by atoms with van der Waals surface area (Å²) in [5, 5.41) is 3.61. The molecule has 3 heteroatoms. The molecule has 2 rings (SSSR count). The van der Waals surface area contributed by atoms with Gasteiger partial charge in [0.25, 0.3) is 0 Å². The van der Waals surface area contributed by atoms with E-state index in [1.165, 1.54) is 18.4 Å². The smallest absolute Gasteiger partial charge is 0.0208 e. The summed E-state index contributed by atoms with van der Waals surface area (Å²) in [5.41, 5.74) is 7.23. The zero-order chi connectivity index (χ0) is 11.4. The van der Waals surface area contributed by atoms with Gasteiger partial charge >= 0.3 is 0 Å². The van der Waals surface area contributed by atoms with E-state index >= 15 is 0 Å². The maximum atomic E-state index is 5.89. The number of nitrogens with one attached hydrogen (secondary N) is 1. The highest BCUT2D eigenvalue weighted by Crippen LogP contribution is 2.18. The van der Waals surface area contributed by atoms with Gasteiger partial charge in [-0.25, -0.2) is 0 Å². The van der Waals surface area contributed by atoms with Gasteiger partial charge in [-0.1, -0.05) is 28.1 Å². The van der Waals surface area contributed by atoms with Gasteiger partial charge in [0.15, 0.2) is 0 Å². The summed E-state index contributed by atoms with van der Waals surface area (Å²) in [4.78, 5) is 0. The lowest BCUT2D eigenvalue weighted by Crippen LogP contribution is -2.37. The van der Waals surface area contributed by atoms with Crippen molar-refractivity contribution in [1.29, 1.82) is 0 Å². The second-order valence-electron chi connectivity index (χ2n) is 4.62. The van der Waals surface area contributed by atoms with Gasteiger partial charge in [0.2, 0.25) is 0 Å². The molecule has 0 amide bonds. The summed E-state index contributed by atoms with van der Waals surface area (Å²) in [5.74, 6) is 0. The van der Waals surface area contributed by atoms with Crippen LogP contribution in [0.25, 0.3) is 0 Å². The molecule has 88 valence electrons. The van der Waals surface area contributed by atoms with E-state index in [1.54, 1.807) is 0 Å². The second-order valence-corrected chi connectivity index (χ2v) is 5.54. The van der Waals surface area contributed by atoms with Gasteiger partial charge < -0.3 is 11.1 Å². The van der Waals surface area contributed by atoms with Crippen LogP contribution in [0.1, 0.15) is 31.2 Å². The predicted octanol–water partition coefficient (Wildman–Crippen LogP) is 2.81. The van der Waals surface area contributed by atoms with Crippen molar-refractivity contribution in [3.05, 3.63) is 34.3 Å². The van der Waals surface area contributed by atoms with Crippen molar-refractivity contribution < 1.29 is 0 Å². The summed E-state index contributed by atoms with van der Waals surface area (Å²) < 4.78 is 1.15. The van der Waals surface area contributed by atoms with E-state index in [1.807, 2.05) is 0 Å². The molecule has 2 nitrogen and oxygen atoms in total. The molecule has 1 fully saturated rings. The van der Waals surface area contributed by atoms with Crippen LogP contribution in [-0.2, 0) is 6.54 Å². The molecule has 0 saturated heterocycles. The molecule has 0 aromatic heterocycles. The minimum Gasteiger partial charge on any atom is -0.328 e. The highest BCUT2D eigenvalue weighted by atomic mass is 79.9. The van der Waals surface area contributed by atoms with Gasteiger partial charge in [-0.3, -0.25) is 0 Å². The Morgan fingerprint density at radius 3 is 2.69 bits per heavy atom. The first-order valence-electron chi connectivity index (χ1n) is 5.97. The van der Waals surface area contributed by atoms with E-state index in [9.17, 15) is 0 Å². The van der Waals surface area contributed by atoms with Gasteiger partial charge in [-0.05, 0) is 43.4 Å². The van der Waals surface area contributed by atoms with Crippen molar-refractivity contribution in [1.82, 2.24) is 5.32 Å². The van der Waals surface area contributed by atoms with Crippen LogP contribution < -0.4 is 11.1 Å². The molecule has 3 N–H and O–H groups in total. The van der Waals surface area contributed by atoms with E-state index in [2.05, 4.69) is 45.5 Å². The van der Waals surface area contributed by atoms with Crippen molar-refractivity contribution in [3.63, 3.8) is 0 Å². The molecule has 0 aliphatic heterocycles. The van der Waals surface area contributed by atoms with Crippen molar-refractivity contribution >= 4 is 15.9 Å².